The van der Waals surface area contributed by atoms with E-state index in [2.05, 4.69) is 5.32 Å². The molecule has 0 aliphatic heterocycles. The number of aliphatic hydroxyl groups excluding tert-OH is 1. The largest absolute Gasteiger partial charge is 0.396 e. The second-order valence-corrected chi connectivity index (χ2v) is 5.89. The average Bonchev–Trinajstić information content (AvgIpc) is 2.14. The summed E-state index contributed by atoms with van der Waals surface area (Å²) >= 11 is 0. The Bertz CT molecular complexity index is 230. The van der Waals surface area contributed by atoms with Crippen molar-refractivity contribution in [3.8, 4) is 0 Å². The van der Waals surface area contributed by atoms with Crippen LogP contribution in [0.2, 0.25) is 0 Å². The van der Waals surface area contributed by atoms with E-state index >= 15 is 0 Å². The number of nitrogens with one attached hydrogen (secondary N) is 1. The number of hydrogen-bond acceptors (Lipinski definition) is 2. The second-order valence-electron chi connectivity index (χ2n) is 5.89. The van der Waals surface area contributed by atoms with Crippen LogP contribution in [0.3, 0.4) is 0 Å². The van der Waals surface area contributed by atoms with Crippen molar-refractivity contribution < 1.29 is 9.90 Å². The van der Waals surface area contributed by atoms with Crippen LogP contribution >= 0.6 is 0 Å². The van der Waals surface area contributed by atoms with Crippen molar-refractivity contribution in [2.75, 3.05) is 6.61 Å². The van der Waals surface area contributed by atoms with Crippen molar-refractivity contribution in [3.05, 3.63) is 0 Å². The molecule has 0 radical (unpaired) electrons. The minimum absolute atomic E-state index is 0.123. The first-order valence-electron chi connectivity index (χ1n) is 6.98. The van der Waals surface area contributed by atoms with Gasteiger partial charge in [-0.05, 0) is 33.1 Å². The highest BCUT2D eigenvalue weighted by Crippen LogP contribution is 2.23. The summed E-state index contributed by atoms with van der Waals surface area (Å²) in [5.41, 5.74) is -0.284. The third-order valence-corrected chi connectivity index (χ3v) is 3.67. The number of carbonyl (C=O) groups is 1. The minimum Gasteiger partial charge on any atom is -0.396 e. The van der Waals surface area contributed by atoms with Gasteiger partial charge in [-0.15, -0.1) is 0 Å². The number of carbonyl (C=O) groups excluding carboxylic acids is 1. The van der Waals surface area contributed by atoms with Crippen LogP contribution in [0.5, 0.6) is 0 Å². The van der Waals surface area contributed by atoms with Crippen LogP contribution < -0.4 is 5.32 Å². The molecule has 1 rings (SSSR count). The van der Waals surface area contributed by atoms with Crippen molar-refractivity contribution in [2.45, 2.75) is 70.8 Å². The molecule has 3 heteroatoms. The lowest BCUT2D eigenvalue weighted by Gasteiger charge is -2.29. The van der Waals surface area contributed by atoms with Crippen molar-refractivity contribution in [1.29, 1.82) is 0 Å². The molecule has 0 aromatic heterocycles. The van der Waals surface area contributed by atoms with E-state index in [4.69, 9.17) is 5.11 Å². The van der Waals surface area contributed by atoms with Crippen LogP contribution in [0.1, 0.15) is 65.2 Å². The molecule has 2 N–H and O–H groups in total. The molecule has 0 aromatic carbocycles. The molecule has 100 valence electrons. The Labute approximate surface area is 105 Å². The summed E-state index contributed by atoms with van der Waals surface area (Å²) in [6, 6.07) is 0. The Morgan fingerprint density at radius 1 is 1.18 bits per heavy atom. The Hall–Kier alpha value is -0.570. The van der Waals surface area contributed by atoms with Crippen molar-refractivity contribution in [2.24, 2.45) is 5.92 Å². The molecule has 0 bridgehead atoms. The van der Waals surface area contributed by atoms with Crippen LogP contribution in [-0.4, -0.2) is 23.2 Å². The zero-order valence-electron chi connectivity index (χ0n) is 11.3. The molecule has 1 fully saturated rings. The van der Waals surface area contributed by atoms with Crippen molar-refractivity contribution in [3.63, 3.8) is 0 Å². The summed E-state index contributed by atoms with van der Waals surface area (Å²) in [5, 5.41) is 12.0. The highest BCUT2D eigenvalue weighted by molar-refractivity contribution is 5.79. The molecule has 1 aliphatic carbocycles. The summed E-state index contributed by atoms with van der Waals surface area (Å²) in [6.45, 7) is 4.08. The Kier molecular flexibility index (Phi) is 5.96. The molecule has 1 saturated carbocycles. The van der Waals surface area contributed by atoms with Gasteiger partial charge in [0.15, 0.2) is 0 Å². The predicted octanol–water partition coefficient (Wildman–Crippen LogP) is 2.62. The van der Waals surface area contributed by atoms with Gasteiger partial charge >= 0.3 is 0 Å². The standard InChI is InChI=1S/C14H27NO2/c1-14(2,10-11-16)15-13(17)12-8-6-4-3-5-7-9-12/h12,16H,3-11H2,1-2H3,(H,15,17). The maximum absolute atomic E-state index is 12.2. The molecule has 0 saturated heterocycles. The van der Waals surface area contributed by atoms with Gasteiger partial charge in [0.25, 0.3) is 0 Å². The summed E-state index contributed by atoms with van der Waals surface area (Å²) < 4.78 is 0. The van der Waals surface area contributed by atoms with Crippen LogP contribution in [0.15, 0.2) is 0 Å². The van der Waals surface area contributed by atoms with E-state index in [1.807, 2.05) is 13.8 Å². The molecule has 0 atom stereocenters. The molecule has 0 aromatic rings. The van der Waals surface area contributed by atoms with Crippen LogP contribution in [0.4, 0.5) is 0 Å². The lowest BCUT2D eigenvalue weighted by molar-refractivity contribution is -0.127. The Morgan fingerprint density at radius 2 is 1.71 bits per heavy atom. The fourth-order valence-electron chi connectivity index (χ4n) is 2.50. The van der Waals surface area contributed by atoms with E-state index < -0.39 is 0 Å². The highest BCUT2D eigenvalue weighted by atomic mass is 16.3. The summed E-state index contributed by atoms with van der Waals surface area (Å²) in [5.74, 6) is 0.374. The predicted molar refractivity (Wildman–Crippen MR) is 69.7 cm³/mol. The van der Waals surface area contributed by atoms with E-state index in [0.29, 0.717) is 6.42 Å². The van der Waals surface area contributed by atoms with Gasteiger partial charge in [-0.1, -0.05) is 32.1 Å². The van der Waals surface area contributed by atoms with Gasteiger partial charge < -0.3 is 10.4 Å². The zero-order valence-corrected chi connectivity index (χ0v) is 11.3. The number of aliphatic hydroxyl groups is 1. The third kappa shape index (κ3) is 5.53. The SMILES string of the molecule is CC(C)(CCO)NC(=O)C1CCCCCCC1. The van der Waals surface area contributed by atoms with Gasteiger partial charge in [0, 0.05) is 18.1 Å². The van der Waals surface area contributed by atoms with Gasteiger partial charge in [0.05, 0.1) is 0 Å². The fourth-order valence-corrected chi connectivity index (χ4v) is 2.50. The zero-order chi connectivity index (χ0) is 12.7. The van der Waals surface area contributed by atoms with Crippen LogP contribution in [0, 0.1) is 5.92 Å². The van der Waals surface area contributed by atoms with Gasteiger partial charge in [0.1, 0.15) is 0 Å². The monoisotopic (exact) mass is 241 g/mol. The van der Waals surface area contributed by atoms with Crippen molar-refractivity contribution >= 4 is 5.91 Å². The molecule has 0 spiro atoms. The van der Waals surface area contributed by atoms with Gasteiger partial charge in [-0.3, -0.25) is 4.79 Å². The second kappa shape index (κ2) is 7.00. The number of amides is 1. The fraction of sp³-hybridized carbons (Fsp3) is 0.929. The summed E-state index contributed by atoms with van der Waals surface area (Å²) in [7, 11) is 0. The van der Waals surface area contributed by atoms with E-state index in [9.17, 15) is 4.79 Å². The molecule has 1 aliphatic rings. The maximum Gasteiger partial charge on any atom is 0.223 e. The van der Waals surface area contributed by atoms with Gasteiger partial charge in [-0.25, -0.2) is 0 Å². The normalized spacial score (nSPS) is 19.5. The number of hydrogen-bond donors (Lipinski definition) is 2. The lowest BCUT2D eigenvalue weighted by Crippen LogP contribution is -2.46. The highest BCUT2D eigenvalue weighted by Gasteiger charge is 2.25. The Morgan fingerprint density at radius 3 is 2.24 bits per heavy atom. The molecule has 3 nitrogen and oxygen atoms in total. The number of rotatable bonds is 4. The first kappa shape index (κ1) is 14.5. The third-order valence-electron chi connectivity index (χ3n) is 3.67. The smallest absolute Gasteiger partial charge is 0.223 e. The van der Waals surface area contributed by atoms with Crippen LogP contribution in [-0.2, 0) is 4.79 Å². The topological polar surface area (TPSA) is 49.3 Å². The molecular weight excluding hydrogens is 214 g/mol. The van der Waals surface area contributed by atoms with E-state index in [-0.39, 0.29) is 24.0 Å². The lowest BCUT2D eigenvalue weighted by atomic mass is 9.89. The molecule has 0 heterocycles. The summed E-state index contributed by atoms with van der Waals surface area (Å²) in [4.78, 5) is 12.2. The van der Waals surface area contributed by atoms with E-state index in [1.54, 1.807) is 0 Å². The van der Waals surface area contributed by atoms with Gasteiger partial charge in [0.2, 0.25) is 5.91 Å². The molecule has 17 heavy (non-hydrogen) atoms. The molecule has 0 unspecified atom stereocenters. The Balaban J connectivity index is 2.44. The van der Waals surface area contributed by atoms with Gasteiger partial charge in [-0.2, -0.15) is 0 Å². The summed E-state index contributed by atoms with van der Waals surface area (Å²) in [6.07, 6.45) is 8.89. The molecule has 1 amide bonds. The van der Waals surface area contributed by atoms with Crippen molar-refractivity contribution in [1.82, 2.24) is 5.32 Å². The average molecular weight is 241 g/mol. The molecular formula is C14H27NO2. The minimum atomic E-state index is -0.284. The quantitative estimate of drug-likeness (QED) is 0.795. The van der Waals surface area contributed by atoms with E-state index in [1.165, 1.54) is 32.1 Å². The van der Waals surface area contributed by atoms with E-state index in [0.717, 1.165) is 12.8 Å². The first-order valence-corrected chi connectivity index (χ1v) is 6.98. The van der Waals surface area contributed by atoms with Crippen LogP contribution in [0.25, 0.3) is 0 Å². The first-order chi connectivity index (χ1) is 8.05. The maximum atomic E-state index is 12.2.